The van der Waals surface area contributed by atoms with E-state index >= 15 is 0 Å². The van der Waals surface area contributed by atoms with E-state index in [2.05, 4.69) is 5.10 Å². The first-order valence-corrected chi connectivity index (χ1v) is 7.49. The maximum atomic E-state index is 11.6. The molecule has 0 unspecified atom stereocenters. The summed E-state index contributed by atoms with van der Waals surface area (Å²) in [7, 11) is -1.88. The molecule has 2 rings (SSSR count). The number of nitrogens with zero attached hydrogens (tertiary/aromatic N) is 3. The zero-order valence-electron chi connectivity index (χ0n) is 11.0. The first kappa shape index (κ1) is 13.4. The number of aromatic nitrogens is 2. The van der Waals surface area contributed by atoms with Crippen molar-refractivity contribution in [1.29, 1.82) is 0 Å². The molecule has 2 aromatic rings. The van der Waals surface area contributed by atoms with Crippen LogP contribution in [0, 0.1) is 6.92 Å². The van der Waals surface area contributed by atoms with Gasteiger partial charge in [0.25, 0.3) is 0 Å². The van der Waals surface area contributed by atoms with Crippen LogP contribution in [-0.4, -0.2) is 31.5 Å². The largest absolute Gasteiger partial charge is 0.397 e. The summed E-state index contributed by atoms with van der Waals surface area (Å²) < 4.78 is 26.0. The summed E-state index contributed by atoms with van der Waals surface area (Å²) in [6.07, 6.45) is 4.73. The van der Waals surface area contributed by atoms with E-state index in [-0.39, 0.29) is 0 Å². The Kier molecular flexibility index (Phi) is 3.23. The summed E-state index contributed by atoms with van der Waals surface area (Å²) in [6.45, 7) is 1.93. The lowest BCUT2D eigenvalue weighted by Crippen LogP contribution is -2.25. The summed E-state index contributed by atoms with van der Waals surface area (Å²) in [5, 5.41) is 4.19. The predicted molar refractivity (Wildman–Crippen MR) is 76.0 cm³/mol. The van der Waals surface area contributed by atoms with Crippen molar-refractivity contribution in [2.75, 3.05) is 23.3 Å². The van der Waals surface area contributed by atoms with Gasteiger partial charge in [-0.25, -0.2) is 13.1 Å². The van der Waals surface area contributed by atoms with Crippen LogP contribution in [0.25, 0.3) is 5.69 Å². The quantitative estimate of drug-likeness (QED) is 0.855. The molecule has 0 atom stereocenters. The van der Waals surface area contributed by atoms with Gasteiger partial charge < -0.3 is 5.73 Å². The van der Waals surface area contributed by atoms with Crippen LogP contribution in [0.1, 0.15) is 5.56 Å². The Labute approximate surface area is 112 Å². The lowest BCUT2D eigenvalue weighted by atomic mass is 10.2. The molecule has 0 amide bonds. The second kappa shape index (κ2) is 4.58. The third-order valence-corrected chi connectivity index (χ3v) is 4.02. The number of aryl methyl sites for hydroxylation is 1. The van der Waals surface area contributed by atoms with Crippen LogP contribution in [0.15, 0.2) is 30.6 Å². The maximum Gasteiger partial charge on any atom is 0.232 e. The van der Waals surface area contributed by atoms with E-state index in [1.807, 2.05) is 13.1 Å². The minimum Gasteiger partial charge on any atom is -0.397 e. The van der Waals surface area contributed by atoms with Gasteiger partial charge in [0, 0.05) is 13.2 Å². The van der Waals surface area contributed by atoms with E-state index in [0.29, 0.717) is 11.4 Å². The Morgan fingerprint density at radius 3 is 2.58 bits per heavy atom. The fourth-order valence-corrected chi connectivity index (χ4v) is 2.20. The molecule has 0 aliphatic rings. The molecule has 6 nitrogen and oxygen atoms in total. The summed E-state index contributed by atoms with van der Waals surface area (Å²) in [6, 6.07) is 5.16. The molecule has 1 heterocycles. The molecule has 1 aromatic carbocycles. The van der Waals surface area contributed by atoms with Crippen LogP contribution < -0.4 is 10.0 Å². The maximum absolute atomic E-state index is 11.6. The molecule has 19 heavy (non-hydrogen) atoms. The Balaban J connectivity index is 2.52. The number of nitrogen functional groups attached to an aromatic ring is 1. The van der Waals surface area contributed by atoms with Crippen LogP contribution in [0.5, 0.6) is 0 Å². The standard InChI is InChI=1S/C12H16N4O2S/c1-9-7-14-16(8-9)10-4-5-11(13)12(6-10)15(2)19(3,17)18/h4-8H,13H2,1-3H3. The molecule has 1 aromatic heterocycles. The number of hydrogen-bond acceptors (Lipinski definition) is 4. The molecule has 0 saturated carbocycles. The lowest BCUT2D eigenvalue weighted by molar-refractivity contribution is 0.600. The van der Waals surface area contributed by atoms with E-state index in [9.17, 15) is 8.42 Å². The van der Waals surface area contributed by atoms with Gasteiger partial charge in [0.2, 0.25) is 10.0 Å². The second-order valence-electron chi connectivity index (χ2n) is 4.44. The molecule has 0 radical (unpaired) electrons. The zero-order valence-corrected chi connectivity index (χ0v) is 11.8. The number of nitrogens with two attached hydrogens (primary N) is 1. The highest BCUT2D eigenvalue weighted by atomic mass is 32.2. The van der Waals surface area contributed by atoms with Crippen LogP contribution in [0.4, 0.5) is 11.4 Å². The third-order valence-electron chi connectivity index (χ3n) is 2.83. The summed E-state index contributed by atoms with van der Waals surface area (Å²) >= 11 is 0. The smallest absolute Gasteiger partial charge is 0.232 e. The van der Waals surface area contributed by atoms with E-state index in [0.717, 1.165) is 21.8 Å². The highest BCUT2D eigenvalue weighted by molar-refractivity contribution is 7.92. The molecule has 7 heteroatoms. The van der Waals surface area contributed by atoms with E-state index in [1.54, 1.807) is 29.1 Å². The molecule has 0 saturated heterocycles. The molecule has 0 fully saturated rings. The molecule has 102 valence electrons. The van der Waals surface area contributed by atoms with Gasteiger partial charge in [0.15, 0.2) is 0 Å². The average Bonchev–Trinajstić information content (AvgIpc) is 2.74. The molecular weight excluding hydrogens is 264 g/mol. The third kappa shape index (κ3) is 2.70. The fourth-order valence-electron chi connectivity index (χ4n) is 1.68. The first-order chi connectivity index (χ1) is 8.79. The van der Waals surface area contributed by atoms with Crippen molar-refractivity contribution < 1.29 is 8.42 Å². The summed E-state index contributed by atoms with van der Waals surface area (Å²) in [4.78, 5) is 0. The van der Waals surface area contributed by atoms with Crippen molar-refractivity contribution in [1.82, 2.24) is 9.78 Å². The van der Waals surface area contributed by atoms with Gasteiger partial charge >= 0.3 is 0 Å². The fraction of sp³-hybridized carbons (Fsp3) is 0.250. The topological polar surface area (TPSA) is 81.2 Å². The zero-order chi connectivity index (χ0) is 14.2. The van der Waals surface area contributed by atoms with Crippen molar-refractivity contribution in [2.45, 2.75) is 6.92 Å². The van der Waals surface area contributed by atoms with Gasteiger partial charge in [-0.3, -0.25) is 4.31 Å². The van der Waals surface area contributed by atoms with Crippen molar-refractivity contribution in [3.8, 4) is 5.69 Å². The van der Waals surface area contributed by atoms with Crippen LogP contribution in [0.2, 0.25) is 0 Å². The van der Waals surface area contributed by atoms with Crippen molar-refractivity contribution in [2.24, 2.45) is 0 Å². The Morgan fingerprint density at radius 1 is 1.37 bits per heavy atom. The SMILES string of the molecule is Cc1cnn(-c2ccc(N)c(N(C)S(C)(=O)=O)c2)c1. The minimum absolute atomic E-state index is 0.403. The van der Waals surface area contributed by atoms with Gasteiger partial charge in [0.05, 0.1) is 29.5 Å². The van der Waals surface area contributed by atoms with Gasteiger partial charge in [-0.1, -0.05) is 0 Å². The Bertz CT molecular complexity index is 706. The highest BCUT2D eigenvalue weighted by Crippen LogP contribution is 2.26. The van der Waals surface area contributed by atoms with Crippen molar-refractivity contribution in [3.63, 3.8) is 0 Å². The first-order valence-electron chi connectivity index (χ1n) is 5.64. The van der Waals surface area contributed by atoms with E-state index in [1.165, 1.54) is 7.05 Å². The number of rotatable bonds is 3. The van der Waals surface area contributed by atoms with Gasteiger partial charge in [-0.05, 0) is 30.7 Å². The van der Waals surface area contributed by atoms with Gasteiger partial charge in [-0.15, -0.1) is 0 Å². The van der Waals surface area contributed by atoms with Gasteiger partial charge in [0.1, 0.15) is 0 Å². The monoisotopic (exact) mass is 280 g/mol. The second-order valence-corrected chi connectivity index (χ2v) is 6.45. The molecular formula is C12H16N4O2S. The highest BCUT2D eigenvalue weighted by Gasteiger charge is 2.15. The Morgan fingerprint density at radius 2 is 2.05 bits per heavy atom. The van der Waals surface area contributed by atoms with Crippen molar-refractivity contribution in [3.05, 3.63) is 36.2 Å². The molecule has 0 aliphatic heterocycles. The van der Waals surface area contributed by atoms with Gasteiger partial charge in [-0.2, -0.15) is 5.10 Å². The molecule has 0 aliphatic carbocycles. The molecule has 2 N–H and O–H groups in total. The normalized spacial score (nSPS) is 11.5. The van der Waals surface area contributed by atoms with Crippen LogP contribution >= 0.6 is 0 Å². The summed E-state index contributed by atoms with van der Waals surface area (Å²) in [5.41, 5.74) is 8.46. The summed E-state index contributed by atoms with van der Waals surface area (Å²) in [5.74, 6) is 0. The minimum atomic E-state index is -3.35. The predicted octanol–water partition coefficient (Wildman–Crippen LogP) is 1.16. The molecule has 0 spiro atoms. The average molecular weight is 280 g/mol. The number of benzene rings is 1. The van der Waals surface area contributed by atoms with Crippen LogP contribution in [0.3, 0.4) is 0 Å². The number of sulfonamides is 1. The van der Waals surface area contributed by atoms with Crippen LogP contribution in [-0.2, 0) is 10.0 Å². The lowest BCUT2D eigenvalue weighted by Gasteiger charge is -2.19. The van der Waals surface area contributed by atoms with E-state index in [4.69, 9.17) is 5.73 Å². The molecule has 0 bridgehead atoms. The number of anilines is 2. The number of hydrogen-bond donors (Lipinski definition) is 1. The van der Waals surface area contributed by atoms with Crippen molar-refractivity contribution >= 4 is 21.4 Å². The van der Waals surface area contributed by atoms with E-state index < -0.39 is 10.0 Å². The Hall–Kier alpha value is -2.02.